The first-order chi connectivity index (χ1) is 9.73. The molecule has 0 aromatic carbocycles. The van der Waals surface area contributed by atoms with Crippen LogP contribution in [-0.4, -0.2) is 32.3 Å². The van der Waals surface area contributed by atoms with Crippen molar-refractivity contribution in [2.45, 2.75) is 23.3 Å². The number of hydrogen-bond donors (Lipinski definition) is 3. The van der Waals surface area contributed by atoms with E-state index >= 15 is 0 Å². The maximum atomic E-state index is 11.9. The van der Waals surface area contributed by atoms with Crippen molar-refractivity contribution in [3.8, 4) is 0 Å². The van der Waals surface area contributed by atoms with Gasteiger partial charge >= 0.3 is 0 Å². The van der Waals surface area contributed by atoms with Crippen LogP contribution in [-0.2, 0) is 10.2 Å². The Bertz CT molecular complexity index is 708. The number of fused-ring (bicyclic) bond motifs is 2. The molecule has 7 nitrogen and oxygen atoms in total. The molecule has 0 radical (unpaired) electrons. The van der Waals surface area contributed by atoms with Gasteiger partial charge in [0.2, 0.25) is 11.9 Å². The fourth-order valence-electron chi connectivity index (χ4n) is 2.50. The number of nitrogens with one attached hydrogen (secondary N) is 3. The lowest BCUT2D eigenvalue weighted by molar-refractivity contribution is -0.117. The molecule has 4 rings (SSSR count). The normalized spacial score (nSPS) is 17.9. The predicted octanol–water partition coefficient (Wildman–Crippen LogP) is 1.65. The predicted molar refractivity (Wildman–Crippen MR) is 75.2 cm³/mol. The van der Waals surface area contributed by atoms with Crippen LogP contribution in [0.5, 0.6) is 0 Å². The molecule has 1 aliphatic heterocycles. The monoisotopic (exact) mass is 288 g/mol. The summed E-state index contributed by atoms with van der Waals surface area (Å²) in [6.07, 6.45) is 7.16. The molecule has 3 N–H and O–H groups in total. The molecule has 0 atom stereocenters. The van der Waals surface area contributed by atoms with Crippen molar-refractivity contribution in [2.75, 3.05) is 16.9 Å². The molecule has 1 spiro atoms. The summed E-state index contributed by atoms with van der Waals surface area (Å²) in [7, 11) is 0. The summed E-state index contributed by atoms with van der Waals surface area (Å²) in [6.45, 7) is 0. The summed E-state index contributed by atoms with van der Waals surface area (Å²) in [5, 5.41) is 13.7. The van der Waals surface area contributed by atoms with E-state index in [1.54, 1.807) is 24.2 Å². The van der Waals surface area contributed by atoms with E-state index in [1.165, 1.54) is 0 Å². The molecular weight excluding hydrogens is 276 g/mol. The highest BCUT2D eigenvalue weighted by Gasteiger charge is 2.57. The van der Waals surface area contributed by atoms with E-state index in [2.05, 4.69) is 30.8 Å². The van der Waals surface area contributed by atoms with Gasteiger partial charge < -0.3 is 10.6 Å². The maximum Gasteiger partial charge on any atom is 0.236 e. The largest absolute Gasteiger partial charge is 0.320 e. The van der Waals surface area contributed by atoms with Gasteiger partial charge in [0, 0.05) is 11.8 Å². The molecule has 0 unspecified atom stereocenters. The number of amides is 1. The Labute approximate surface area is 119 Å². The molecule has 0 bridgehead atoms. The van der Waals surface area contributed by atoms with E-state index in [4.69, 9.17) is 0 Å². The van der Waals surface area contributed by atoms with E-state index < -0.39 is 0 Å². The first-order valence-corrected chi connectivity index (χ1v) is 7.49. The van der Waals surface area contributed by atoms with E-state index in [1.807, 2.05) is 6.26 Å². The average Bonchev–Trinajstić information content (AvgIpc) is 3.05. The molecule has 2 aliphatic rings. The Morgan fingerprint density at radius 2 is 2.25 bits per heavy atom. The molecule has 1 aliphatic carbocycles. The minimum Gasteiger partial charge on any atom is -0.320 e. The van der Waals surface area contributed by atoms with E-state index in [-0.39, 0.29) is 11.3 Å². The lowest BCUT2D eigenvalue weighted by atomic mass is 10.0. The van der Waals surface area contributed by atoms with E-state index in [0.29, 0.717) is 11.8 Å². The minimum atomic E-state index is -0.339. The summed E-state index contributed by atoms with van der Waals surface area (Å²) >= 11 is 1.55. The Balaban J connectivity index is 1.66. The van der Waals surface area contributed by atoms with Crippen LogP contribution in [0.2, 0.25) is 0 Å². The number of carbonyl (C=O) groups excluding carboxylic acids is 1. The highest BCUT2D eigenvalue weighted by atomic mass is 32.2. The summed E-state index contributed by atoms with van der Waals surface area (Å²) in [5.41, 5.74) is 1.40. The molecule has 102 valence electrons. The van der Waals surface area contributed by atoms with Crippen molar-refractivity contribution in [3.05, 3.63) is 18.0 Å². The topological polar surface area (TPSA) is 95.6 Å². The van der Waals surface area contributed by atoms with Crippen molar-refractivity contribution < 1.29 is 4.79 Å². The Morgan fingerprint density at radius 1 is 1.40 bits per heavy atom. The number of rotatable bonds is 3. The van der Waals surface area contributed by atoms with Crippen LogP contribution in [0, 0.1) is 0 Å². The average molecular weight is 288 g/mol. The van der Waals surface area contributed by atoms with Gasteiger partial charge in [-0.05, 0) is 19.1 Å². The second kappa shape index (κ2) is 3.95. The van der Waals surface area contributed by atoms with Gasteiger partial charge in [0.15, 0.2) is 0 Å². The van der Waals surface area contributed by atoms with Crippen molar-refractivity contribution in [3.63, 3.8) is 0 Å². The van der Waals surface area contributed by atoms with Crippen molar-refractivity contribution >= 4 is 35.1 Å². The number of aromatic nitrogens is 4. The molecule has 1 fully saturated rings. The number of H-pyrrole nitrogens is 1. The first kappa shape index (κ1) is 11.7. The summed E-state index contributed by atoms with van der Waals surface area (Å²) in [6, 6.07) is 0. The molecule has 8 heteroatoms. The highest BCUT2D eigenvalue weighted by Crippen LogP contribution is 2.54. The van der Waals surface area contributed by atoms with Crippen LogP contribution in [0.1, 0.15) is 18.4 Å². The van der Waals surface area contributed by atoms with Crippen LogP contribution in [0.3, 0.4) is 0 Å². The van der Waals surface area contributed by atoms with Gasteiger partial charge in [-0.2, -0.15) is 10.1 Å². The van der Waals surface area contributed by atoms with Gasteiger partial charge in [0.25, 0.3) is 0 Å². The fourth-order valence-corrected chi connectivity index (χ4v) is 2.97. The van der Waals surface area contributed by atoms with Crippen LogP contribution in [0.25, 0.3) is 0 Å². The van der Waals surface area contributed by atoms with Gasteiger partial charge in [-0.15, -0.1) is 11.8 Å². The molecule has 3 heterocycles. The molecule has 2 aromatic heterocycles. The molecule has 20 heavy (non-hydrogen) atoms. The number of nitrogens with zero attached hydrogens (tertiary/aromatic N) is 3. The third-order valence-corrected chi connectivity index (χ3v) is 4.50. The SMILES string of the molecule is CSc1[nH]ncc1Nc1ncc2c(n1)NC(=O)C21CC1. The second-order valence-electron chi connectivity index (χ2n) is 4.93. The van der Waals surface area contributed by atoms with Crippen molar-refractivity contribution in [2.24, 2.45) is 0 Å². The third-order valence-electron chi connectivity index (χ3n) is 3.78. The number of anilines is 3. The number of aromatic amines is 1. The Kier molecular flexibility index (Phi) is 2.31. The van der Waals surface area contributed by atoms with Gasteiger partial charge in [-0.1, -0.05) is 0 Å². The van der Waals surface area contributed by atoms with Crippen molar-refractivity contribution in [1.29, 1.82) is 0 Å². The number of thioether (sulfide) groups is 1. The molecular formula is C12H12N6OS. The van der Waals surface area contributed by atoms with Gasteiger partial charge in [0.1, 0.15) is 10.8 Å². The Morgan fingerprint density at radius 3 is 3.00 bits per heavy atom. The first-order valence-electron chi connectivity index (χ1n) is 6.26. The smallest absolute Gasteiger partial charge is 0.236 e. The lowest BCUT2D eigenvalue weighted by Crippen LogP contribution is -2.18. The summed E-state index contributed by atoms with van der Waals surface area (Å²) in [4.78, 5) is 20.6. The second-order valence-corrected chi connectivity index (χ2v) is 5.75. The standard InChI is InChI=1S/C12H12N6OS/c1-20-9-7(5-14-18-9)15-11-13-4-6-8(17-11)16-10(19)12(6)2-3-12/h4-5H,2-3H2,1H3,(H,14,18)(H2,13,15,16,17,19). The fraction of sp³-hybridized carbons (Fsp3) is 0.333. The van der Waals surface area contributed by atoms with Gasteiger partial charge in [-0.3, -0.25) is 9.89 Å². The van der Waals surface area contributed by atoms with E-state index in [9.17, 15) is 4.79 Å². The summed E-state index contributed by atoms with van der Waals surface area (Å²) < 4.78 is 0. The zero-order valence-corrected chi connectivity index (χ0v) is 11.5. The minimum absolute atomic E-state index is 0.0482. The number of carbonyl (C=O) groups is 1. The Hall–Kier alpha value is -2.09. The number of hydrogen-bond acceptors (Lipinski definition) is 6. The maximum absolute atomic E-state index is 11.9. The molecule has 0 saturated heterocycles. The van der Waals surface area contributed by atoms with Crippen LogP contribution in [0.4, 0.5) is 17.5 Å². The molecule has 2 aromatic rings. The molecule has 1 amide bonds. The zero-order chi connectivity index (χ0) is 13.7. The van der Waals surface area contributed by atoms with E-state index in [0.717, 1.165) is 29.1 Å². The van der Waals surface area contributed by atoms with Crippen molar-refractivity contribution in [1.82, 2.24) is 20.2 Å². The van der Waals surface area contributed by atoms with Crippen LogP contribution >= 0.6 is 11.8 Å². The highest BCUT2D eigenvalue weighted by molar-refractivity contribution is 7.98. The summed E-state index contributed by atoms with van der Waals surface area (Å²) in [5.74, 6) is 1.13. The van der Waals surface area contributed by atoms with Gasteiger partial charge in [0.05, 0.1) is 17.3 Å². The van der Waals surface area contributed by atoms with Gasteiger partial charge in [-0.25, -0.2) is 4.98 Å². The van der Waals surface area contributed by atoms with Crippen LogP contribution in [0.15, 0.2) is 17.4 Å². The zero-order valence-electron chi connectivity index (χ0n) is 10.7. The third kappa shape index (κ3) is 1.54. The quantitative estimate of drug-likeness (QED) is 0.743. The van der Waals surface area contributed by atoms with Crippen LogP contribution < -0.4 is 10.6 Å². The lowest BCUT2D eigenvalue weighted by Gasteiger charge is -2.06. The molecule has 1 saturated carbocycles.